The molecule has 14 heavy (non-hydrogen) atoms. The molecule has 78 valence electrons. The molecule has 1 aromatic carbocycles. The molecule has 0 radical (unpaired) electrons. The SMILES string of the molecule is O=P(O)(O)OC(O)(O)c1ccccc1. The lowest BCUT2D eigenvalue weighted by atomic mass is 10.2. The van der Waals surface area contributed by atoms with E-state index in [9.17, 15) is 4.57 Å². The van der Waals surface area contributed by atoms with Gasteiger partial charge in [-0.2, -0.15) is 0 Å². The Labute approximate surface area is 79.6 Å². The lowest BCUT2D eigenvalue weighted by Crippen LogP contribution is -2.27. The average molecular weight is 220 g/mol. The number of aliphatic hydroxyl groups is 2. The molecular formula is C7H9O6P. The van der Waals surface area contributed by atoms with Crippen molar-refractivity contribution in [3.8, 4) is 0 Å². The Balaban J connectivity index is 2.92. The molecule has 0 amide bonds. The number of rotatable bonds is 3. The van der Waals surface area contributed by atoms with E-state index >= 15 is 0 Å². The van der Waals surface area contributed by atoms with Crippen LogP contribution in [0.1, 0.15) is 5.56 Å². The van der Waals surface area contributed by atoms with Crippen LogP contribution in [0.3, 0.4) is 0 Å². The fourth-order valence-corrected chi connectivity index (χ4v) is 1.31. The Kier molecular flexibility index (Phi) is 3.06. The van der Waals surface area contributed by atoms with Gasteiger partial charge in [0.15, 0.2) is 0 Å². The molecule has 1 aromatic rings. The third kappa shape index (κ3) is 3.19. The zero-order valence-electron chi connectivity index (χ0n) is 6.94. The molecule has 0 aliphatic heterocycles. The molecule has 0 fully saturated rings. The maximum Gasteiger partial charge on any atom is 0.474 e. The van der Waals surface area contributed by atoms with E-state index in [1.807, 2.05) is 0 Å². The van der Waals surface area contributed by atoms with E-state index in [2.05, 4.69) is 4.52 Å². The van der Waals surface area contributed by atoms with Crippen molar-refractivity contribution in [1.82, 2.24) is 0 Å². The first-order chi connectivity index (χ1) is 6.31. The second kappa shape index (κ2) is 3.78. The third-order valence-electron chi connectivity index (χ3n) is 1.40. The molecule has 6 nitrogen and oxygen atoms in total. The first kappa shape index (κ1) is 11.3. The Morgan fingerprint density at radius 2 is 1.64 bits per heavy atom. The first-order valence-electron chi connectivity index (χ1n) is 3.58. The van der Waals surface area contributed by atoms with Crippen LogP contribution in [0.4, 0.5) is 0 Å². The maximum absolute atomic E-state index is 10.4. The standard InChI is InChI=1S/C7H9O6P/c8-7(9,13-14(10,11)12)6-4-2-1-3-5-6/h1-5,8-9H,(H2,10,11,12). The van der Waals surface area contributed by atoms with Gasteiger partial charge in [-0.3, -0.25) is 0 Å². The minimum absolute atomic E-state index is 0.164. The van der Waals surface area contributed by atoms with Gasteiger partial charge in [-0.1, -0.05) is 30.3 Å². The van der Waals surface area contributed by atoms with Crippen LogP contribution >= 0.6 is 7.82 Å². The molecule has 0 saturated heterocycles. The maximum atomic E-state index is 10.4. The number of benzene rings is 1. The summed E-state index contributed by atoms with van der Waals surface area (Å²) in [6, 6.07) is 7.07. The summed E-state index contributed by atoms with van der Waals surface area (Å²) >= 11 is 0. The second-order valence-electron chi connectivity index (χ2n) is 2.56. The summed E-state index contributed by atoms with van der Waals surface area (Å²) in [5.74, 6) is -2.99. The lowest BCUT2D eigenvalue weighted by Gasteiger charge is -2.21. The smallest absolute Gasteiger partial charge is 0.339 e. The Morgan fingerprint density at radius 1 is 1.14 bits per heavy atom. The molecule has 0 unspecified atom stereocenters. The quantitative estimate of drug-likeness (QED) is 0.418. The summed E-state index contributed by atoms with van der Waals surface area (Å²) < 4.78 is 14.2. The summed E-state index contributed by atoms with van der Waals surface area (Å²) in [6.45, 7) is 0. The Hall–Kier alpha value is -0.750. The predicted molar refractivity (Wildman–Crippen MR) is 45.7 cm³/mol. The highest BCUT2D eigenvalue weighted by atomic mass is 31.2. The second-order valence-corrected chi connectivity index (χ2v) is 3.72. The van der Waals surface area contributed by atoms with E-state index in [0.717, 1.165) is 0 Å². The van der Waals surface area contributed by atoms with E-state index in [0.29, 0.717) is 0 Å². The summed E-state index contributed by atoms with van der Waals surface area (Å²) in [5, 5.41) is 18.3. The largest absolute Gasteiger partial charge is 0.474 e. The van der Waals surface area contributed by atoms with Crippen LogP contribution in [0.2, 0.25) is 0 Å². The van der Waals surface area contributed by atoms with Crippen molar-refractivity contribution in [3.05, 3.63) is 35.9 Å². The van der Waals surface area contributed by atoms with E-state index in [-0.39, 0.29) is 5.56 Å². The number of hydrogen-bond donors (Lipinski definition) is 4. The normalized spacial score (nSPS) is 12.9. The Bertz CT molecular complexity index is 342. The molecule has 1 rings (SSSR count). The van der Waals surface area contributed by atoms with Crippen molar-refractivity contribution in [2.45, 2.75) is 5.97 Å². The molecule has 7 heteroatoms. The zero-order valence-corrected chi connectivity index (χ0v) is 7.83. The van der Waals surface area contributed by atoms with E-state index in [4.69, 9.17) is 20.0 Å². The highest BCUT2D eigenvalue weighted by molar-refractivity contribution is 7.46. The van der Waals surface area contributed by atoms with Crippen molar-refractivity contribution in [2.24, 2.45) is 0 Å². The van der Waals surface area contributed by atoms with Gasteiger partial charge in [-0.15, -0.1) is 0 Å². The van der Waals surface area contributed by atoms with E-state index in [1.54, 1.807) is 6.07 Å². The minimum Gasteiger partial charge on any atom is -0.339 e. The van der Waals surface area contributed by atoms with Crippen LogP contribution in [0.25, 0.3) is 0 Å². The molecule has 0 saturated carbocycles. The van der Waals surface area contributed by atoms with Gasteiger partial charge in [0.2, 0.25) is 0 Å². The van der Waals surface area contributed by atoms with Gasteiger partial charge in [0, 0.05) is 5.56 Å². The van der Waals surface area contributed by atoms with Crippen molar-refractivity contribution in [1.29, 1.82) is 0 Å². The van der Waals surface area contributed by atoms with Crippen molar-refractivity contribution in [2.75, 3.05) is 0 Å². The zero-order chi connectivity index (χ0) is 10.8. The van der Waals surface area contributed by atoms with Crippen LogP contribution in [0.5, 0.6) is 0 Å². The van der Waals surface area contributed by atoms with Crippen molar-refractivity contribution < 1.29 is 29.1 Å². The van der Waals surface area contributed by atoms with Gasteiger partial charge >= 0.3 is 13.8 Å². The van der Waals surface area contributed by atoms with Crippen molar-refractivity contribution in [3.63, 3.8) is 0 Å². The van der Waals surface area contributed by atoms with Gasteiger partial charge in [0.1, 0.15) is 0 Å². The van der Waals surface area contributed by atoms with E-state index in [1.165, 1.54) is 24.3 Å². The molecule has 4 N–H and O–H groups in total. The fraction of sp³-hybridized carbons (Fsp3) is 0.143. The molecule has 0 aromatic heterocycles. The molecule has 0 aliphatic carbocycles. The van der Waals surface area contributed by atoms with Gasteiger partial charge in [0.25, 0.3) is 0 Å². The molecule has 0 aliphatic rings. The summed E-state index contributed by atoms with van der Waals surface area (Å²) in [5.41, 5.74) is -0.164. The number of hydrogen-bond acceptors (Lipinski definition) is 4. The van der Waals surface area contributed by atoms with Crippen LogP contribution < -0.4 is 0 Å². The number of phosphoric ester groups is 1. The predicted octanol–water partition coefficient (Wildman–Crippen LogP) is -0.109. The fourth-order valence-electron chi connectivity index (χ4n) is 0.874. The molecule has 0 heterocycles. The third-order valence-corrected chi connectivity index (χ3v) is 1.89. The Morgan fingerprint density at radius 3 is 2.07 bits per heavy atom. The van der Waals surface area contributed by atoms with E-state index < -0.39 is 13.8 Å². The highest BCUT2D eigenvalue weighted by Crippen LogP contribution is 2.42. The molecule has 0 bridgehead atoms. The van der Waals surface area contributed by atoms with Gasteiger partial charge in [-0.25, -0.2) is 9.09 Å². The van der Waals surface area contributed by atoms with Crippen LogP contribution in [-0.4, -0.2) is 20.0 Å². The average Bonchev–Trinajstić information content (AvgIpc) is 2.01. The van der Waals surface area contributed by atoms with Gasteiger partial charge < -0.3 is 20.0 Å². The molecular weight excluding hydrogens is 211 g/mol. The van der Waals surface area contributed by atoms with Gasteiger partial charge in [-0.05, 0) is 0 Å². The summed E-state index contributed by atoms with van der Waals surface area (Å²) in [6.07, 6.45) is 0. The van der Waals surface area contributed by atoms with Gasteiger partial charge in [0.05, 0.1) is 0 Å². The number of phosphoric acid groups is 1. The molecule has 0 atom stereocenters. The topological polar surface area (TPSA) is 107 Å². The summed E-state index contributed by atoms with van der Waals surface area (Å²) in [4.78, 5) is 16.8. The lowest BCUT2D eigenvalue weighted by molar-refractivity contribution is -0.310. The van der Waals surface area contributed by atoms with Crippen molar-refractivity contribution >= 4 is 7.82 Å². The van der Waals surface area contributed by atoms with Crippen LogP contribution in [0.15, 0.2) is 30.3 Å². The molecule has 0 spiro atoms. The monoisotopic (exact) mass is 220 g/mol. The first-order valence-corrected chi connectivity index (χ1v) is 5.11. The minimum atomic E-state index is -4.95. The van der Waals surface area contributed by atoms with Crippen LogP contribution in [-0.2, 0) is 15.1 Å². The summed E-state index contributed by atoms with van der Waals surface area (Å²) in [7, 11) is -4.95. The highest BCUT2D eigenvalue weighted by Gasteiger charge is 2.35. The van der Waals surface area contributed by atoms with Crippen LogP contribution in [0, 0.1) is 0 Å².